The molecule has 0 fully saturated rings. The van der Waals surface area contributed by atoms with Gasteiger partial charge < -0.3 is 14.7 Å². The summed E-state index contributed by atoms with van der Waals surface area (Å²) >= 11 is 0. The molecule has 0 unspecified atom stereocenters. The smallest absolute Gasteiger partial charge is 0.323 e. The van der Waals surface area contributed by atoms with Crippen LogP contribution in [0, 0.1) is 0 Å². The van der Waals surface area contributed by atoms with Crippen LogP contribution in [0.1, 0.15) is 13.3 Å². The van der Waals surface area contributed by atoms with Crippen LogP contribution in [0.5, 0.6) is 5.88 Å². The van der Waals surface area contributed by atoms with Crippen LogP contribution in [0.15, 0.2) is 12.4 Å². The van der Waals surface area contributed by atoms with Gasteiger partial charge in [-0.15, -0.1) is 0 Å². The maximum atomic E-state index is 10.7. The molecule has 0 spiro atoms. The van der Waals surface area contributed by atoms with Crippen LogP contribution in [0.2, 0.25) is 0 Å². The number of aliphatic carboxylic acids is 1. The second-order valence-electron chi connectivity index (χ2n) is 3.23. The van der Waals surface area contributed by atoms with Crippen LogP contribution >= 0.6 is 0 Å². The maximum absolute atomic E-state index is 10.7. The molecular weight excluding hydrogens is 210 g/mol. The van der Waals surface area contributed by atoms with Crippen molar-refractivity contribution >= 4 is 11.8 Å². The van der Waals surface area contributed by atoms with Crippen LogP contribution in [0.4, 0.5) is 5.82 Å². The molecular formula is C10H15N3O3. The summed E-state index contributed by atoms with van der Waals surface area (Å²) in [6.07, 6.45) is 3.85. The number of rotatable bonds is 6. The third kappa shape index (κ3) is 3.38. The van der Waals surface area contributed by atoms with Gasteiger partial charge in [0, 0.05) is 6.54 Å². The minimum Gasteiger partial charge on any atom is -0.480 e. The van der Waals surface area contributed by atoms with E-state index in [1.165, 1.54) is 19.5 Å². The molecule has 0 aliphatic rings. The zero-order chi connectivity index (χ0) is 12.0. The fourth-order valence-electron chi connectivity index (χ4n) is 1.30. The van der Waals surface area contributed by atoms with Gasteiger partial charge in [0.25, 0.3) is 0 Å². The lowest BCUT2D eigenvalue weighted by atomic mass is 10.4. The molecule has 0 atom stereocenters. The number of nitrogens with zero attached hydrogens (tertiary/aromatic N) is 3. The topological polar surface area (TPSA) is 75.6 Å². The van der Waals surface area contributed by atoms with E-state index in [-0.39, 0.29) is 6.54 Å². The molecule has 88 valence electrons. The lowest BCUT2D eigenvalue weighted by molar-refractivity contribution is -0.135. The average molecular weight is 225 g/mol. The summed E-state index contributed by atoms with van der Waals surface area (Å²) in [6, 6.07) is 0. The van der Waals surface area contributed by atoms with Crippen LogP contribution < -0.4 is 9.64 Å². The van der Waals surface area contributed by atoms with Gasteiger partial charge in [-0.3, -0.25) is 9.78 Å². The molecule has 0 bridgehead atoms. The Balaban J connectivity index is 2.86. The number of ether oxygens (including phenoxy) is 1. The molecule has 0 aromatic carbocycles. The Morgan fingerprint density at radius 3 is 2.88 bits per heavy atom. The second kappa shape index (κ2) is 5.89. The van der Waals surface area contributed by atoms with E-state index in [1.807, 2.05) is 6.92 Å². The highest BCUT2D eigenvalue weighted by atomic mass is 16.5. The van der Waals surface area contributed by atoms with Crippen molar-refractivity contribution in [2.24, 2.45) is 0 Å². The van der Waals surface area contributed by atoms with Gasteiger partial charge in [0.1, 0.15) is 6.54 Å². The van der Waals surface area contributed by atoms with E-state index in [0.717, 1.165) is 6.42 Å². The molecule has 1 aromatic heterocycles. The van der Waals surface area contributed by atoms with Gasteiger partial charge in [-0.2, -0.15) is 4.98 Å². The summed E-state index contributed by atoms with van der Waals surface area (Å²) in [5, 5.41) is 8.78. The van der Waals surface area contributed by atoms with Gasteiger partial charge in [0.2, 0.25) is 5.88 Å². The fourth-order valence-corrected chi connectivity index (χ4v) is 1.30. The van der Waals surface area contributed by atoms with Crippen molar-refractivity contribution < 1.29 is 14.6 Å². The highest BCUT2D eigenvalue weighted by Gasteiger charge is 2.12. The standard InChI is InChI=1S/C10H15N3O3/c1-3-4-13(7-10(14)15)8-5-11-6-9(12-8)16-2/h5-6H,3-4,7H2,1-2H3,(H,14,15). The average Bonchev–Trinajstić information content (AvgIpc) is 2.28. The summed E-state index contributed by atoms with van der Waals surface area (Å²) in [7, 11) is 1.50. The van der Waals surface area contributed by atoms with Crippen molar-refractivity contribution in [3.05, 3.63) is 12.4 Å². The summed E-state index contributed by atoms with van der Waals surface area (Å²) in [6.45, 7) is 2.51. The van der Waals surface area contributed by atoms with Crippen molar-refractivity contribution in [1.29, 1.82) is 0 Å². The molecule has 6 nitrogen and oxygen atoms in total. The molecule has 1 heterocycles. The lowest BCUT2D eigenvalue weighted by Crippen LogP contribution is -2.31. The second-order valence-corrected chi connectivity index (χ2v) is 3.23. The number of carboxylic acid groups (broad SMARTS) is 1. The van der Waals surface area contributed by atoms with Gasteiger partial charge in [-0.25, -0.2) is 0 Å². The van der Waals surface area contributed by atoms with Crippen LogP contribution in [-0.2, 0) is 4.79 Å². The molecule has 1 rings (SSSR count). The van der Waals surface area contributed by atoms with Crippen LogP contribution in [0.3, 0.4) is 0 Å². The number of hydrogen-bond acceptors (Lipinski definition) is 5. The summed E-state index contributed by atoms with van der Waals surface area (Å²) in [5.41, 5.74) is 0. The lowest BCUT2D eigenvalue weighted by Gasteiger charge is -2.20. The van der Waals surface area contributed by atoms with Gasteiger partial charge >= 0.3 is 5.97 Å². The van der Waals surface area contributed by atoms with Crippen LogP contribution in [-0.4, -0.2) is 41.2 Å². The summed E-state index contributed by atoms with van der Waals surface area (Å²) in [4.78, 5) is 20.4. The van der Waals surface area contributed by atoms with Crippen molar-refractivity contribution in [1.82, 2.24) is 9.97 Å². The Bertz CT molecular complexity index is 357. The Hall–Kier alpha value is -1.85. The molecule has 0 amide bonds. The van der Waals surface area contributed by atoms with E-state index in [1.54, 1.807) is 4.90 Å². The Morgan fingerprint density at radius 1 is 1.56 bits per heavy atom. The Morgan fingerprint density at radius 2 is 2.31 bits per heavy atom. The van der Waals surface area contributed by atoms with E-state index in [0.29, 0.717) is 18.2 Å². The van der Waals surface area contributed by atoms with E-state index < -0.39 is 5.97 Å². The highest BCUT2D eigenvalue weighted by Crippen LogP contribution is 2.13. The Kier molecular flexibility index (Phi) is 4.50. The third-order valence-electron chi connectivity index (χ3n) is 1.95. The largest absolute Gasteiger partial charge is 0.480 e. The summed E-state index contributed by atoms with van der Waals surface area (Å²) < 4.78 is 4.94. The fraction of sp³-hybridized carbons (Fsp3) is 0.500. The number of hydrogen-bond donors (Lipinski definition) is 1. The highest BCUT2D eigenvalue weighted by molar-refractivity contribution is 5.73. The molecule has 1 aromatic rings. The molecule has 6 heteroatoms. The van der Waals surface area contributed by atoms with E-state index in [2.05, 4.69) is 9.97 Å². The first-order chi connectivity index (χ1) is 7.67. The summed E-state index contributed by atoms with van der Waals surface area (Å²) in [5.74, 6) is 0.00524. The van der Waals surface area contributed by atoms with Crippen molar-refractivity contribution in [2.45, 2.75) is 13.3 Å². The van der Waals surface area contributed by atoms with E-state index >= 15 is 0 Å². The number of anilines is 1. The van der Waals surface area contributed by atoms with Crippen molar-refractivity contribution in [3.63, 3.8) is 0 Å². The molecule has 0 saturated heterocycles. The molecule has 0 saturated carbocycles. The Labute approximate surface area is 93.9 Å². The first kappa shape index (κ1) is 12.2. The quantitative estimate of drug-likeness (QED) is 0.771. The van der Waals surface area contributed by atoms with Gasteiger partial charge in [-0.1, -0.05) is 6.92 Å². The number of carbonyl (C=O) groups is 1. The van der Waals surface area contributed by atoms with Gasteiger partial charge in [0.05, 0.1) is 19.5 Å². The number of aromatic nitrogens is 2. The van der Waals surface area contributed by atoms with Gasteiger partial charge in [0.15, 0.2) is 5.82 Å². The molecule has 0 aliphatic carbocycles. The zero-order valence-corrected chi connectivity index (χ0v) is 9.38. The minimum absolute atomic E-state index is 0.0876. The van der Waals surface area contributed by atoms with Gasteiger partial charge in [-0.05, 0) is 6.42 Å². The SMILES string of the molecule is CCCN(CC(=O)O)c1cncc(OC)n1. The number of carboxylic acids is 1. The normalized spacial score (nSPS) is 9.88. The molecule has 0 radical (unpaired) electrons. The molecule has 16 heavy (non-hydrogen) atoms. The maximum Gasteiger partial charge on any atom is 0.323 e. The van der Waals surface area contributed by atoms with Crippen LogP contribution in [0.25, 0.3) is 0 Å². The number of methoxy groups -OCH3 is 1. The third-order valence-corrected chi connectivity index (χ3v) is 1.95. The van der Waals surface area contributed by atoms with E-state index in [9.17, 15) is 4.79 Å². The predicted octanol–water partition coefficient (Wildman–Crippen LogP) is 0.786. The molecule has 0 aliphatic heterocycles. The predicted molar refractivity (Wildman–Crippen MR) is 58.7 cm³/mol. The van der Waals surface area contributed by atoms with Crippen molar-refractivity contribution in [2.75, 3.05) is 25.1 Å². The molecule has 1 N–H and O–H groups in total. The minimum atomic E-state index is -0.891. The first-order valence-electron chi connectivity index (χ1n) is 5.00. The monoisotopic (exact) mass is 225 g/mol. The zero-order valence-electron chi connectivity index (χ0n) is 9.38. The van der Waals surface area contributed by atoms with Crippen molar-refractivity contribution in [3.8, 4) is 5.88 Å². The van der Waals surface area contributed by atoms with E-state index in [4.69, 9.17) is 9.84 Å². The first-order valence-corrected chi connectivity index (χ1v) is 5.00.